The van der Waals surface area contributed by atoms with Gasteiger partial charge < -0.3 is 10.0 Å². The van der Waals surface area contributed by atoms with E-state index < -0.39 is 12.0 Å². The number of rotatable bonds is 5. The number of likely N-dealkylation sites (tertiary alicyclic amines) is 1. The lowest BCUT2D eigenvalue weighted by atomic mass is 10.1. The maximum absolute atomic E-state index is 12.7. The van der Waals surface area contributed by atoms with Gasteiger partial charge in [-0.3, -0.25) is 19.4 Å². The molecule has 0 aliphatic carbocycles. The number of carboxylic acids is 1. The second kappa shape index (κ2) is 8.64. The van der Waals surface area contributed by atoms with Crippen LogP contribution in [0.4, 0.5) is 0 Å². The van der Waals surface area contributed by atoms with Crippen LogP contribution in [0.1, 0.15) is 30.4 Å². The fraction of sp³-hybridized carbons (Fsp3) is 0.600. The number of hydrogen-bond donors (Lipinski definition) is 1. The normalized spacial score (nSPS) is 22.3. The smallest absolute Gasteiger partial charge is 0.320 e. The van der Waals surface area contributed by atoms with Crippen molar-refractivity contribution in [2.45, 2.75) is 38.8 Å². The van der Waals surface area contributed by atoms with Crippen molar-refractivity contribution in [2.24, 2.45) is 0 Å². The summed E-state index contributed by atoms with van der Waals surface area (Å²) in [5.41, 5.74) is 2.65. The van der Waals surface area contributed by atoms with E-state index >= 15 is 0 Å². The number of carbonyl (C=O) groups is 2. The van der Waals surface area contributed by atoms with Gasteiger partial charge in [-0.1, -0.05) is 24.3 Å². The molecule has 0 radical (unpaired) electrons. The van der Waals surface area contributed by atoms with Crippen LogP contribution in [0.3, 0.4) is 0 Å². The van der Waals surface area contributed by atoms with Crippen molar-refractivity contribution >= 4 is 11.9 Å². The maximum atomic E-state index is 12.7. The molecule has 142 valence electrons. The Hall–Kier alpha value is -1.92. The van der Waals surface area contributed by atoms with Crippen LogP contribution in [-0.2, 0) is 16.1 Å². The fourth-order valence-electron chi connectivity index (χ4n) is 3.98. The Morgan fingerprint density at radius 1 is 1.08 bits per heavy atom. The van der Waals surface area contributed by atoms with E-state index in [1.807, 2.05) is 9.80 Å². The summed E-state index contributed by atoms with van der Waals surface area (Å²) in [7, 11) is 0. The van der Waals surface area contributed by atoms with Crippen LogP contribution in [0.2, 0.25) is 0 Å². The van der Waals surface area contributed by atoms with Crippen molar-refractivity contribution in [1.29, 1.82) is 0 Å². The second-order valence-electron chi connectivity index (χ2n) is 7.40. The zero-order valence-corrected chi connectivity index (χ0v) is 15.6. The van der Waals surface area contributed by atoms with E-state index in [1.165, 1.54) is 11.1 Å². The Morgan fingerprint density at radius 2 is 1.88 bits per heavy atom. The maximum Gasteiger partial charge on any atom is 0.320 e. The van der Waals surface area contributed by atoms with E-state index in [4.69, 9.17) is 0 Å². The topological polar surface area (TPSA) is 64.1 Å². The first-order valence-corrected chi connectivity index (χ1v) is 9.56. The first-order valence-electron chi connectivity index (χ1n) is 9.56. The summed E-state index contributed by atoms with van der Waals surface area (Å²) in [5, 5.41) is 9.28. The van der Waals surface area contributed by atoms with Crippen LogP contribution in [0.25, 0.3) is 0 Å². The van der Waals surface area contributed by atoms with E-state index in [0.29, 0.717) is 13.0 Å². The molecule has 2 fully saturated rings. The van der Waals surface area contributed by atoms with Gasteiger partial charge in [0.15, 0.2) is 0 Å². The molecule has 6 nitrogen and oxygen atoms in total. The molecular weight excluding hydrogens is 330 g/mol. The number of carboxylic acid groups (broad SMARTS) is 1. The molecule has 3 rings (SSSR count). The first-order chi connectivity index (χ1) is 12.5. The molecule has 0 unspecified atom stereocenters. The van der Waals surface area contributed by atoms with Crippen LogP contribution >= 0.6 is 0 Å². The molecule has 2 aliphatic rings. The number of aliphatic carboxylic acids is 1. The molecule has 1 amide bonds. The van der Waals surface area contributed by atoms with E-state index in [0.717, 1.165) is 45.6 Å². The average Bonchev–Trinajstić information content (AvgIpc) is 2.95. The largest absolute Gasteiger partial charge is 0.480 e. The number of amides is 1. The number of nitrogens with zero attached hydrogens (tertiary/aromatic N) is 3. The zero-order valence-electron chi connectivity index (χ0n) is 15.6. The van der Waals surface area contributed by atoms with Gasteiger partial charge in [-0.05, 0) is 43.9 Å². The monoisotopic (exact) mass is 359 g/mol. The Labute approximate surface area is 155 Å². The van der Waals surface area contributed by atoms with Gasteiger partial charge in [-0.15, -0.1) is 0 Å². The van der Waals surface area contributed by atoms with Crippen molar-refractivity contribution in [3.05, 3.63) is 35.4 Å². The van der Waals surface area contributed by atoms with Crippen molar-refractivity contribution < 1.29 is 14.7 Å². The lowest BCUT2D eigenvalue weighted by molar-refractivity contribution is -0.143. The first kappa shape index (κ1) is 18.9. The average molecular weight is 359 g/mol. The third kappa shape index (κ3) is 4.62. The fourth-order valence-corrected chi connectivity index (χ4v) is 3.98. The van der Waals surface area contributed by atoms with Gasteiger partial charge in [-0.25, -0.2) is 0 Å². The summed E-state index contributed by atoms with van der Waals surface area (Å²) in [4.78, 5) is 30.1. The molecule has 2 aliphatic heterocycles. The van der Waals surface area contributed by atoms with Gasteiger partial charge in [0, 0.05) is 32.7 Å². The van der Waals surface area contributed by atoms with Gasteiger partial charge in [0.25, 0.3) is 0 Å². The molecule has 0 spiro atoms. The summed E-state index contributed by atoms with van der Waals surface area (Å²) in [6.45, 7) is 7.32. The highest BCUT2D eigenvalue weighted by molar-refractivity contribution is 5.80. The van der Waals surface area contributed by atoms with Crippen molar-refractivity contribution in [2.75, 3.05) is 39.3 Å². The minimum Gasteiger partial charge on any atom is -0.480 e. The van der Waals surface area contributed by atoms with Gasteiger partial charge >= 0.3 is 5.97 Å². The van der Waals surface area contributed by atoms with Crippen LogP contribution in [0.15, 0.2) is 24.3 Å². The van der Waals surface area contributed by atoms with E-state index in [1.54, 1.807) is 0 Å². The quantitative estimate of drug-likeness (QED) is 0.865. The van der Waals surface area contributed by atoms with E-state index in [2.05, 4.69) is 36.1 Å². The highest BCUT2D eigenvalue weighted by Gasteiger charge is 2.32. The number of aryl methyl sites for hydroxylation is 1. The standard InChI is InChI=1S/C20H29N3O3/c1-16-6-2-3-7-17(16)14-21-9-5-11-22(13-12-21)19(24)15-23-10-4-8-18(23)20(25)26/h2-3,6-7,18H,4-5,8-15H2,1H3,(H,25,26)/t18-/m1/s1. The Bertz CT molecular complexity index is 649. The summed E-state index contributed by atoms with van der Waals surface area (Å²) in [5.74, 6) is -0.744. The highest BCUT2D eigenvalue weighted by atomic mass is 16.4. The van der Waals surface area contributed by atoms with E-state index in [9.17, 15) is 14.7 Å². The van der Waals surface area contributed by atoms with Crippen molar-refractivity contribution in [1.82, 2.24) is 14.7 Å². The third-order valence-corrected chi connectivity index (χ3v) is 5.58. The molecule has 6 heteroatoms. The molecule has 0 aromatic heterocycles. The molecule has 0 bridgehead atoms. The van der Waals surface area contributed by atoms with Crippen molar-refractivity contribution in [3.8, 4) is 0 Å². The predicted molar refractivity (Wildman–Crippen MR) is 99.9 cm³/mol. The molecule has 2 heterocycles. The SMILES string of the molecule is Cc1ccccc1CN1CCCN(C(=O)CN2CCC[C@@H]2C(=O)O)CC1. The van der Waals surface area contributed by atoms with Gasteiger partial charge in [0.05, 0.1) is 6.54 Å². The van der Waals surface area contributed by atoms with Gasteiger partial charge in [0.1, 0.15) is 6.04 Å². The molecule has 2 saturated heterocycles. The molecule has 1 aromatic carbocycles. The van der Waals surface area contributed by atoms with Gasteiger partial charge in [0.2, 0.25) is 5.91 Å². The molecule has 1 N–H and O–H groups in total. The summed E-state index contributed by atoms with van der Waals surface area (Å²) >= 11 is 0. The van der Waals surface area contributed by atoms with E-state index in [-0.39, 0.29) is 12.5 Å². The molecule has 1 aromatic rings. The lowest BCUT2D eigenvalue weighted by Crippen LogP contribution is -2.45. The van der Waals surface area contributed by atoms with Crippen LogP contribution in [0, 0.1) is 6.92 Å². The predicted octanol–water partition coefficient (Wildman–Crippen LogP) is 1.58. The Kier molecular flexibility index (Phi) is 6.27. The molecular formula is C20H29N3O3. The number of hydrogen-bond acceptors (Lipinski definition) is 4. The lowest BCUT2D eigenvalue weighted by Gasteiger charge is -2.26. The zero-order chi connectivity index (χ0) is 18.5. The molecule has 26 heavy (non-hydrogen) atoms. The second-order valence-corrected chi connectivity index (χ2v) is 7.40. The van der Waals surface area contributed by atoms with Gasteiger partial charge in [-0.2, -0.15) is 0 Å². The molecule has 1 atom stereocenters. The summed E-state index contributed by atoms with van der Waals surface area (Å²) < 4.78 is 0. The van der Waals surface area contributed by atoms with Crippen molar-refractivity contribution in [3.63, 3.8) is 0 Å². The summed E-state index contributed by atoms with van der Waals surface area (Å²) in [6.07, 6.45) is 2.46. The van der Waals surface area contributed by atoms with Crippen LogP contribution in [0.5, 0.6) is 0 Å². The van der Waals surface area contributed by atoms with Crippen LogP contribution in [-0.4, -0.2) is 77.0 Å². The minimum atomic E-state index is -0.810. The molecule has 0 saturated carbocycles. The Morgan fingerprint density at radius 3 is 2.65 bits per heavy atom. The highest BCUT2D eigenvalue weighted by Crippen LogP contribution is 2.18. The summed E-state index contributed by atoms with van der Waals surface area (Å²) in [6, 6.07) is 7.94. The Balaban J connectivity index is 1.52. The van der Waals surface area contributed by atoms with Crippen LogP contribution < -0.4 is 0 Å². The number of carbonyl (C=O) groups excluding carboxylic acids is 1. The minimum absolute atomic E-state index is 0.0656. The number of benzene rings is 1. The third-order valence-electron chi connectivity index (χ3n) is 5.58.